The summed E-state index contributed by atoms with van der Waals surface area (Å²) in [5, 5.41) is 1.92. The maximum atomic E-state index is 5.31. The Morgan fingerprint density at radius 1 is 1.62 bits per heavy atom. The predicted molar refractivity (Wildman–Crippen MR) is 30.2 cm³/mol. The maximum Gasteiger partial charge on any atom is 0.0993 e. The summed E-state index contributed by atoms with van der Waals surface area (Å²) >= 11 is 0. The molecule has 8 heavy (non-hydrogen) atoms. The normalized spacial score (nSPS) is 44.1. The van der Waals surface area contributed by atoms with Crippen molar-refractivity contribution >= 4 is 0 Å². The summed E-state index contributed by atoms with van der Waals surface area (Å²) in [7, 11) is 1.98. The van der Waals surface area contributed by atoms with E-state index >= 15 is 0 Å². The van der Waals surface area contributed by atoms with Gasteiger partial charge in [0.1, 0.15) is 0 Å². The van der Waals surface area contributed by atoms with Gasteiger partial charge in [0.25, 0.3) is 0 Å². The number of nitrogens with zero attached hydrogens (tertiary/aromatic N) is 1. The number of hydrogen-bond acceptors (Lipinski definition) is 2. The fourth-order valence-corrected chi connectivity index (χ4v) is 1.29. The van der Waals surface area contributed by atoms with Crippen LogP contribution in [0.3, 0.4) is 0 Å². The summed E-state index contributed by atoms with van der Waals surface area (Å²) < 4.78 is 0. The first-order chi connectivity index (χ1) is 3.86. The van der Waals surface area contributed by atoms with E-state index in [1.165, 1.54) is 0 Å². The first kappa shape index (κ1) is 4.53. The SMILES string of the molecule is CN1OC2C=C[C@H]1C2. The van der Waals surface area contributed by atoms with Crippen molar-refractivity contribution in [3.05, 3.63) is 12.2 Å². The molecule has 1 heterocycles. The molecule has 1 unspecified atom stereocenters. The van der Waals surface area contributed by atoms with Gasteiger partial charge in [-0.25, -0.2) is 0 Å². The molecule has 2 rings (SSSR count). The Bertz CT molecular complexity index is 132. The molecular weight excluding hydrogens is 102 g/mol. The second-order valence-electron chi connectivity index (χ2n) is 2.38. The lowest BCUT2D eigenvalue weighted by Crippen LogP contribution is -2.23. The van der Waals surface area contributed by atoms with E-state index in [0.29, 0.717) is 12.1 Å². The Morgan fingerprint density at radius 2 is 2.50 bits per heavy atom. The smallest absolute Gasteiger partial charge is 0.0993 e. The fourth-order valence-electron chi connectivity index (χ4n) is 1.29. The van der Waals surface area contributed by atoms with Crippen molar-refractivity contribution in [1.82, 2.24) is 5.06 Å². The highest BCUT2D eigenvalue weighted by atomic mass is 16.7. The lowest BCUT2D eigenvalue weighted by atomic mass is 10.3. The third-order valence-corrected chi connectivity index (χ3v) is 1.79. The average molecular weight is 111 g/mol. The second kappa shape index (κ2) is 1.33. The van der Waals surface area contributed by atoms with Crippen LogP contribution in [0.15, 0.2) is 12.2 Å². The Morgan fingerprint density at radius 3 is 2.75 bits per heavy atom. The van der Waals surface area contributed by atoms with Gasteiger partial charge < -0.3 is 0 Å². The van der Waals surface area contributed by atoms with Gasteiger partial charge in [0, 0.05) is 13.5 Å². The number of rotatable bonds is 0. The van der Waals surface area contributed by atoms with Crippen LogP contribution in [0.1, 0.15) is 6.42 Å². The van der Waals surface area contributed by atoms with Gasteiger partial charge in [-0.05, 0) is 0 Å². The standard InChI is InChI=1S/C6H9NO/c1-7-5-2-3-6(4-5)8-7/h2-3,5-6H,4H2,1H3/t5-,6?/m0/s1. The topological polar surface area (TPSA) is 12.5 Å². The molecule has 1 aliphatic carbocycles. The Kier molecular flexibility index (Phi) is 0.754. The van der Waals surface area contributed by atoms with Crippen LogP contribution in [0.4, 0.5) is 0 Å². The van der Waals surface area contributed by atoms with Gasteiger partial charge in [-0.15, -0.1) is 0 Å². The lowest BCUT2D eigenvalue weighted by molar-refractivity contribution is -0.129. The first-order valence-corrected chi connectivity index (χ1v) is 2.94. The third kappa shape index (κ3) is 0.443. The summed E-state index contributed by atoms with van der Waals surface area (Å²) in [5.74, 6) is 0. The van der Waals surface area contributed by atoms with Crippen LogP contribution >= 0.6 is 0 Å². The van der Waals surface area contributed by atoms with Crippen molar-refractivity contribution in [2.24, 2.45) is 0 Å². The number of hydroxylamine groups is 2. The molecule has 0 saturated carbocycles. The Balaban J connectivity index is 2.23. The highest BCUT2D eigenvalue weighted by Gasteiger charge is 2.31. The summed E-state index contributed by atoms with van der Waals surface area (Å²) in [5.41, 5.74) is 0. The maximum absolute atomic E-state index is 5.31. The molecular formula is C6H9NO. The van der Waals surface area contributed by atoms with Crippen molar-refractivity contribution < 1.29 is 4.84 Å². The van der Waals surface area contributed by atoms with Crippen LogP contribution in [-0.2, 0) is 4.84 Å². The molecule has 1 aliphatic heterocycles. The number of fused-ring (bicyclic) bond motifs is 2. The summed E-state index contributed by atoms with van der Waals surface area (Å²) in [6.45, 7) is 0. The van der Waals surface area contributed by atoms with Gasteiger partial charge in [-0.3, -0.25) is 4.84 Å². The summed E-state index contributed by atoms with van der Waals surface area (Å²) in [6, 6.07) is 0.569. The van der Waals surface area contributed by atoms with E-state index < -0.39 is 0 Å². The molecule has 2 bridgehead atoms. The predicted octanol–water partition coefficient (Wildman–Crippen LogP) is 0.560. The van der Waals surface area contributed by atoms with Crippen LogP contribution < -0.4 is 0 Å². The summed E-state index contributed by atoms with van der Waals surface area (Å²) in [6.07, 6.45) is 5.89. The van der Waals surface area contributed by atoms with Gasteiger partial charge in [-0.1, -0.05) is 12.2 Å². The van der Waals surface area contributed by atoms with Crippen LogP contribution in [0.2, 0.25) is 0 Å². The third-order valence-electron chi connectivity index (χ3n) is 1.79. The average Bonchev–Trinajstić information content (AvgIpc) is 2.23. The molecule has 0 radical (unpaired) electrons. The van der Waals surface area contributed by atoms with Gasteiger partial charge in [0.15, 0.2) is 0 Å². The molecule has 2 aliphatic rings. The minimum absolute atomic E-state index is 0.394. The van der Waals surface area contributed by atoms with Crippen molar-refractivity contribution in [3.63, 3.8) is 0 Å². The number of hydrogen-bond donors (Lipinski definition) is 0. The molecule has 1 saturated heterocycles. The van der Waals surface area contributed by atoms with Crippen molar-refractivity contribution in [1.29, 1.82) is 0 Å². The molecule has 2 heteroatoms. The Hall–Kier alpha value is -0.340. The molecule has 0 aromatic carbocycles. The van der Waals surface area contributed by atoms with Crippen molar-refractivity contribution in [2.45, 2.75) is 18.6 Å². The second-order valence-corrected chi connectivity index (χ2v) is 2.38. The summed E-state index contributed by atoms with van der Waals surface area (Å²) in [4.78, 5) is 5.31. The van der Waals surface area contributed by atoms with E-state index in [0.717, 1.165) is 6.42 Å². The monoisotopic (exact) mass is 111 g/mol. The van der Waals surface area contributed by atoms with Crippen molar-refractivity contribution in [3.8, 4) is 0 Å². The van der Waals surface area contributed by atoms with E-state index in [1.807, 2.05) is 12.1 Å². The molecule has 0 N–H and O–H groups in total. The van der Waals surface area contributed by atoms with E-state index in [2.05, 4.69) is 12.2 Å². The lowest BCUT2D eigenvalue weighted by Gasteiger charge is -2.15. The van der Waals surface area contributed by atoms with Crippen LogP contribution in [0, 0.1) is 0 Å². The van der Waals surface area contributed by atoms with Crippen LogP contribution in [-0.4, -0.2) is 24.3 Å². The highest BCUT2D eigenvalue weighted by molar-refractivity contribution is 5.09. The van der Waals surface area contributed by atoms with E-state index in [4.69, 9.17) is 4.84 Å². The van der Waals surface area contributed by atoms with Crippen molar-refractivity contribution in [2.75, 3.05) is 7.05 Å². The molecule has 2 nitrogen and oxygen atoms in total. The first-order valence-electron chi connectivity index (χ1n) is 2.94. The van der Waals surface area contributed by atoms with Gasteiger partial charge in [0.2, 0.25) is 0 Å². The largest absolute Gasteiger partial charge is 0.291 e. The molecule has 2 atom stereocenters. The molecule has 1 fully saturated rings. The molecule has 0 amide bonds. The molecule has 0 aromatic rings. The number of likely N-dealkylation sites (N-methyl/N-ethyl adjacent to an activating group) is 1. The zero-order valence-electron chi connectivity index (χ0n) is 4.87. The van der Waals surface area contributed by atoms with Gasteiger partial charge in [-0.2, -0.15) is 5.06 Å². The van der Waals surface area contributed by atoms with E-state index in [1.54, 1.807) is 0 Å². The quantitative estimate of drug-likeness (QED) is 0.423. The Labute approximate surface area is 48.7 Å². The van der Waals surface area contributed by atoms with Crippen LogP contribution in [0.5, 0.6) is 0 Å². The minimum Gasteiger partial charge on any atom is -0.291 e. The molecule has 0 aromatic heterocycles. The highest BCUT2D eigenvalue weighted by Crippen LogP contribution is 2.26. The van der Waals surface area contributed by atoms with Crippen LogP contribution in [0.25, 0.3) is 0 Å². The minimum atomic E-state index is 0.394. The zero-order chi connectivity index (χ0) is 5.56. The molecule has 44 valence electrons. The van der Waals surface area contributed by atoms with E-state index in [9.17, 15) is 0 Å². The van der Waals surface area contributed by atoms with E-state index in [-0.39, 0.29) is 0 Å². The zero-order valence-corrected chi connectivity index (χ0v) is 4.87. The fraction of sp³-hybridized carbons (Fsp3) is 0.667. The van der Waals surface area contributed by atoms with Gasteiger partial charge in [0.05, 0.1) is 12.1 Å². The van der Waals surface area contributed by atoms with Gasteiger partial charge >= 0.3 is 0 Å². The molecule has 0 spiro atoms.